The summed E-state index contributed by atoms with van der Waals surface area (Å²) in [6.45, 7) is 0. The van der Waals surface area contributed by atoms with Gasteiger partial charge in [-0.15, -0.1) is 5.10 Å². The van der Waals surface area contributed by atoms with Gasteiger partial charge in [0, 0.05) is 0 Å². The largest absolute Gasteiger partial charge is 0.368 e. The van der Waals surface area contributed by atoms with Crippen molar-refractivity contribution in [3.8, 4) is 0 Å². The number of anilines is 2. The van der Waals surface area contributed by atoms with E-state index in [1.165, 1.54) is 4.68 Å². The lowest BCUT2D eigenvalue weighted by atomic mass is 10.3. The summed E-state index contributed by atoms with van der Waals surface area (Å²) in [5.74, 6) is 0.494. The summed E-state index contributed by atoms with van der Waals surface area (Å²) >= 11 is 0. The third-order valence-electron chi connectivity index (χ3n) is 2.23. The molecule has 0 aliphatic carbocycles. The van der Waals surface area contributed by atoms with Gasteiger partial charge in [-0.05, 0) is 6.42 Å². The van der Waals surface area contributed by atoms with E-state index in [2.05, 4.69) is 10.1 Å². The minimum absolute atomic E-state index is 0.0694. The fourth-order valence-electron chi connectivity index (χ4n) is 1.59. The van der Waals surface area contributed by atoms with Crippen molar-refractivity contribution < 1.29 is 8.42 Å². The van der Waals surface area contributed by atoms with E-state index in [1.54, 1.807) is 0 Å². The average Bonchev–Trinajstić information content (AvgIpc) is 2.55. The fourth-order valence-corrected chi connectivity index (χ4v) is 3.28. The highest BCUT2D eigenvalue weighted by Gasteiger charge is 2.31. The highest BCUT2D eigenvalue weighted by Crippen LogP contribution is 2.24. The summed E-state index contributed by atoms with van der Waals surface area (Å²) in [4.78, 5) is 3.72. The van der Waals surface area contributed by atoms with Gasteiger partial charge in [0.05, 0.1) is 17.5 Å². The number of aromatic nitrogens is 3. The van der Waals surface area contributed by atoms with E-state index < -0.39 is 9.84 Å². The predicted octanol–water partition coefficient (Wildman–Crippen LogP) is -1.20. The molecule has 1 atom stereocenters. The Bertz CT molecular complexity index is 451. The third-order valence-corrected chi connectivity index (χ3v) is 3.98. The Morgan fingerprint density at radius 2 is 2.14 bits per heavy atom. The summed E-state index contributed by atoms with van der Waals surface area (Å²) in [5.41, 5.74) is 10.9. The van der Waals surface area contributed by atoms with Crippen LogP contribution in [0, 0.1) is 0 Å². The molecule has 0 spiro atoms. The van der Waals surface area contributed by atoms with Gasteiger partial charge < -0.3 is 11.5 Å². The van der Waals surface area contributed by atoms with Crippen LogP contribution < -0.4 is 11.5 Å². The lowest BCUT2D eigenvalue weighted by Crippen LogP contribution is -2.14. The Labute approximate surface area is 81.0 Å². The van der Waals surface area contributed by atoms with E-state index >= 15 is 0 Å². The number of sulfone groups is 1. The van der Waals surface area contributed by atoms with Gasteiger partial charge in [0.25, 0.3) is 0 Å². The van der Waals surface area contributed by atoms with Gasteiger partial charge in [-0.3, -0.25) is 0 Å². The van der Waals surface area contributed by atoms with E-state index in [9.17, 15) is 8.42 Å². The molecular formula is C6H11N5O2S. The molecule has 7 nitrogen and oxygen atoms in total. The second-order valence-electron chi connectivity index (χ2n) is 3.33. The zero-order valence-corrected chi connectivity index (χ0v) is 8.24. The lowest BCUT2D eigenvalue weighted by Gasteiger charge is -2.07. The minimum atomic E-state index is -2.94. The molecule has 8 heteroatoms. The maximum atomic E-state index is 11.2. The molecule has 0 bridgehead atoms. The average molecular weight is 217 g/mol. The van der Waals surface area contributed by atoms with Gasteiger partial charge in [0.1, 0.15) is 0 Å². The maximum Gasteiger partial charge on any atom is 0.241 e. The Morgan fingerprint density at radius 1 is 1.43 bits per heavy atom. The summed E-state index contributed by atoms with van der Waals surface area (Å²) < 4.78 is 23.8. The summed E-state index contributed by atoms with van der Waals surface area (Å²) in [6.07, 6.45) is 0.523. The fraction of sp³-hybridized carbons (Fsp3) is 0.667. The normalized spacial score (nSPS) is 25.3. The van der Waals surface area contributed by atoms with E-state index in [-0.39, 0.29) is 29.4 Å². The second-order valence-corrected chi connectivity index (χ2v) is 5.56. The second kappa shape index (κ2) is 2.84. The van der Waals surface area contributed by atoms with Crippen molar-refractivity contribution in [1.82, 2.24) is 14.8 Å². The molecule has 0 saturated carbocycles. The molecule has 2 heterocycles. The SMILES string of the molecule is Nc1nc(N)n(C2CCS(=O)(=O)C2)n1. The molecule has 1 aliphatic rings. The Morgan fingerprint density at radius 3 is 2.57 bits per heavy atom. The molecule has 1 aromatic rings. The molecule has 2 rings (SSSR count). The lowest BCUT2D eigenvalue weighted by molar-refractivity contribution is 0.507. The van der Waals surface area contributed by atoms with Crippen molar-refractivity contribution in [3.05, 3.63) is 0 Å². The van der Waals surface area contributed by atoms with Gasteiger partial charge in [-0.25, -0.2) is 13.1 Å². The molecule has 14 heavy (non-hydrogen) atoms. The van der Waals surface area contributed by atoms with Crippen molar-refractivity contribution in [2.45, 2.75) is 12.5 Å². The minimum Gasteiger partial charge on any atom is -0.368 e. The van der Waals surface area contributed by atoms with Crippen molar-refractivity contribution in [2.24, 2.45) is 0 Å². The molecule has 1 saturated heterocycles. The van der Waals surface area contributed by atoms with Crippen LogP contribution in [0.5, 0.6) is 0 Å². The summed E-state index contributed by atoms with van der Waals surface area (Å²) in [6, 6.07) is -0.218. The van der Waals surface area contributed by atoms with E-state index in [1.807, 2.05) is 0 Å². The topological polar surface area (TPSA) is 117 Å². The highest BCUT2D eigenvalue weighted by atomic mass is 32.2. The molecule has 78 valence electrons. The van der Waals surface area contributed by atoms with Crippen molar-refractivity contribution in [2.75, 3.05) is 23.0 Å². The van der Waals surface area contributed by atoms with Crippen LogP contribution in [-0.2, 0) is 9.84 Å². The van der Waals surface area contributed by atoms with Crippen LogP contribution in [0.15, 0.2) is 0 Å². The quantitative estimate of drug-likeness (QED) is 0.610. The first-order valence-corrected chi connectivity index (χ1v) is 5.98. The first-order valence-electron chi connectivity index (χ1n) is 4.16. The molecule has 1 aliphatic heterocycles. The van der Waals surface area contributed by atoms with E-state index in [4.69, 9.17) is 11.5 Å². The molecule has 4 N–H and O–H groups in total. The van der Waals surface area contributed by atoms with Gasteiger partial charge in [0.2, 0.25) is 11.9 Å². The Balaban J connectivity index is 2.30. The maximum absolute atomic E-state index is 11.2. The van der Waals surface area contributed by atoms with Crippen LogP contribution in [0.2, 0.25) is 0 Å². The van der Waals surface area contributed by atoms with Crippen LogP contribution in [0.25, 0.3) is 0 Å². The Hall–Kier alpha value is -1.31. The summed E-state index contributed by atoms with van der Waals surface area (Å²) in [5, 5.41) is 3.85. The number of nitrogens with zero attached hydrogens (tertiary/aromatic N) is 3. The van der Waals surface area contributed by atoms with Gasteiger partial charge in [0.15, 0.2) is 9.84 Å². The van der Waals surface area contributed by atoms with E-state index in [0.717, 1.165) is 0 Å². The standard InChI is InChI=1S/C6H11N5O2S/c7-5-9-6(8)11(10-5)4-1-2-14(12,13)3-4/h4H,1-3H2,(H4,7,8,9,10). The zero-order chi connectivity index (χ0) is 10.3. The molecule has 0 amide bonds. The number of rotatable bonds is 1. The predicted molar refractivity (Wildman–Crippen MR) is 51.2 cm³/mol. The van der Waals surface area contributed by atoms with Gasteiger partial charge in [-0.1, -0.05) is 0 Å². The Kier molecular flexibility index (Phi) is 1.88. The molecule has 1 unspecified atom stereocenters. The number of hydrogen-bond donors (Lipinski definition) is 2. The highest BCUT2D eigenvalue weighted by molar-refractivity contribution is 7.91. The number of hydrogen-bond acceptors (Lipinski definition) is 6. The van der Waals surface area contributed by atoms with Crippen molar-refractivity contribution >= 4 is 21.7 Å². The van der Waals surface area contributed by atoms with Crippen molar-refractivity contribution in [1.29, 1.82) is 0 Å². The summed E-state index contributed by atoms with van der Waals surface area (Å²) in [7, 11) is -2.94. The first-order chi connectivity index (χ1) is 6.48. The molecule has 1 aromatic heterocycles. The van der Waals surface area contributed by atoms with Crippen LogP contribution in [0.3, 0.4) is 0 Å². The van der Waals surface area contributed by atoms with Gasteiger partial charge >= 0.3 is 0 Å². The van der Waals surface area contributed by atoms with E-state index in [0.29, 0.717) is 6.42 Å². The van der Waals surface area contributed by atoms with Crippen LogP contribution in [0.1, 0.15) is 12.5 Å². The van der Waals surface area contributed by atoms with Crippen molar-refractivity contribution in [3.63, 3.8) is 0 Å². The van der Waals surface area contributed by atoms with Crippen LogP contribution in [0.4, 0.5) is 11.9 Å². The number of nitrogen functional groups attached to an aromatic ring is 2. The zero-order valence-electron chi connectivity index (χ0n) is 7.42. The molecule has 0 radical (unpaired) electrons. The monoisotopic (exact) mass is 217 g/mol. The smallest absolute Gasteiger partial charge is 0.241 e. The van der Waals surface area contributed by atoms with Gasteiger partial charge in [-0.2, -0.15) is 4.98 Å². The first kappa shape index (κ1) is 9.25. The molecule has 1 fully saturated rings. The molecule has 0 aromatic carbocycles. The number of nitrogens with two attached hydrogens (primary N) is 2. The third kappa shape index (κ3) is 1.52. The van der Waals surface area contributed by atoms with Crippen LogP contribution >= 0.6 is 0 Å². The van der Waals surface area contributed by atoms with Crippen LogP contribution in [-0.4, -0.2) is 34.7 Å². The molecular weight excluding hydrogens is 206 g/mol.